The van der Waals surface area contributed by atoms with Crippen molar-refractivity contribution in [3.63, 3.8) is 0 Å². The number of carboxylic acid groups (broad SMARTS) is 2. The summed E-state index contributed by atoms with van der Waals surface area (Å²) in [7, 11) is 0. The third-order valence-corrected chi connectivity index (χ3v) is 4.99. The molecule has 2 unspecified atom stereocenters. The summed E-state index contributed by atoms with van der Waals surface area (Å²) in [5, 5.41) is 17.7. The number of carbonyl (C=O) groups is 2. The molecule has 0 radical (unpaired) electrons. The molecule has 0 aliphatic heterocycles. The van der Waals surface area contributed by atoms with Crippen LogP contribution in [0.4, 0.5) is 0 Å². The van der Waals surface area contributed by atoms with Crippen LogP contribution in [0.2, 0.25) is 0 Å². The van der Waals surface area contributed by atoms with Crippen molar-refractivity contribution in [3.8, 4) is 0 Å². The van der Waals surface area contributed by atoms with E-state index in [1.54, 1.807) is 13.8 Å². The zero-order valence-corrected chi connectivity index (χ0v) is 23.8. The van der Waals surface area contributed by atoms with Crippen molar-refractivity contribution in [1.82, 2.24) is 0 Å². The van der Waals surface area contributed by atoms with E-state index < -0.39 is 23.8 Å². The van der Waals surface area contributed by atoms with E-state index in [0.29, 0.717) is 11.8 Å². The monoisotopic (exact) mass is 526 g/mol. The molecule has 5 heteroatoms. The minimum Gasteiger partial charge on any atom is -0.481 e. The topological polar surface area (TPSA) is 74.6 Å². The second-order valence-corrected chi connectivity index (χ2v) is 8.80. The average molecular weight is 525 g/mol. The summed E-state index contributed by atoms with van der Waals surface area (Å²) in [5.41, 5.74) is 4.28. The van der Waals surface area contributed by atoms with E-state index >= 15 is 0 Å². The van der Waals surface area contributed by atoms with E-state index in [0.717, 1.165) is 24.0 Å². The van der Waals surface area contributed by atoms with Gasteiger partial charge in [-0.3, -0.25) is 9.59 Å². The maximum absolute atomic E-state index is 10.8. The van der Waals surface area contributed by atoms with Gasteiger partial charge in [0, 0.05) is 27.3 Å². The Labute approximate surface area is 207 Å². The van der Waals surface area contributed by atoms with Crippen LogP contribution in [0.15, 0.2) is 48.5 Å². The fourth-order valence-electron chi connectivity index (χ4n) is 3.11. The first-order valence-electron chi connectivity index (χ1n) is 10.6. The van der Waals surface area contributed by atoms with Crippen LogP contribution in [0.25, 0.3) is 0 Å². The molecule has 0 bridgehead atoms. The molecule has 2 N–H and O–H groups in total. The summed E-state index contributed by atoms with van der Waals surface area (Å²) in [5.74, 6) is -1.12. The van der Waals surface area contributed by atoms with Crippen LogP contribution < -0.4 is 0 Å². The number of carboxylic acids is 2. The molecule has 0 aromatic heterocycles. The predicted molar refractivity (Wildman–Crippen MR) is 122 cm³/mol. The molecule has 0 heterocycles. The van der Waals surface area contributed by atoms with Crippen molar-refractivity contribution in [2.24, 2.45) is 11.8 Å². The van der Waals surface area contributed by atoms with Crippen LogP contribution in [0.5, 0.6) is 0 Å². The molecular weight excluding hydrogens is 489 g/mol. The zero-order chi connectivity index (χ0) is 22.8. The van der Waals surface area contributed by atoms with Crippen LogP contribution in [-0.4, -0.2) is 22.2 Å². The Hall–Kier alpha value is -1.70. The van der Waals surface area contributed by atoms with Gasteiger partial charge in [-0.15, -0.1) is 0 Å². The summed E-state index contributed by atoms with van der Waals surface area (Å²) in [6, 6.07) is 15.7. The molecule has 0 amide bonds. The summed E-state index contributed by atoms with van der Waals surface area (Å²) < 4.78 is 0. The van der Waals surface area contributed by atoms with Gasteiger partial charge in [0.15, 0.2) is 0 Å². The first kappa shape index (κ1) is 29.3. The van der Waals surface area contributed by atoms with Gasteiger partial charge in [-0.1, -0.05) is 76.2 Å². The standard InChI is InChI=1S/2C13H18O2.Cd/c2*1-9(2)8-11-4-6-12(7-5-11)10(3)13(14)15;/h2*4-7,9-10H,8H2,1-3H3,(H,14,15);. The van der Waals surface area contributed by atoms with E-state index in [1.165, 1.54) is 11.1 Å². The average Bonchev–Trinajstić information content (AvgIpc) is 2.67. The molecule has 2 atom stereocenters. The number of hydrogen-bond acceptors (Lipinski definition) is 2. The first-order chi connectivity index (χ1) is 14.0. The Morgan fingerprint density at radius 3 is 1.06 bits per heavy atom. The van der Waals surface area contributed by atoms with Gasteiger partial charge in [-0.05, 0) is 60.8 Å². The Balaban J connectivity index is 0.000000562. The fourth-order valence-corrected chi connectivity index (χ4v) is 3.11. The van der Waals surface area contributed by atoms with E-state index in [2.05, 4.69) is 27.7 Å². The number of benzene rings is 2. The summed E-state index contributed by atoms with van der Waals surface area (Å²) in [6.07, 6.45) is 2.09. The molecule has 0 aliphatic carbocycles. The van der Waals surface area contributed by atoms with E-state index in [4.69, 9.17) is 10.2 Å². The Morgan fingerprint density at radius 2 is 0.871 bits per heavy atom. The zero-order valence-electron chi connectivity index (χ0n) is 19.8. The molecule has 0 fully saturated rings. The van der Waals surface area contributed by atoms with E-state index in [9.17, 15) is 9.59 Å². The molecule has 2 aromatic carbocycles. The second-order valence-electron chi connectivity index (χ2n) is 8.80. The predicted octanol–water partition coefficient (Wildman–Crippen LogP) is 6.14. The largest absolute Gasteiger partial charge is 0.481 e. The minimum absolute atomic E-state index is 0. The second kappa shape index (κ2) is 14.4. The normalized spacial score (nSPS) is 12.4. The van der Waals surface area contributed by atoms with Crippen LogP contribution in [0.3, 0.4) is 0 Å². The van der Waals surface area contributed by atoms with Gasteiger partial charge in [0.2, 0.25) is 0 Å². The molecular formula is C26H36CdO4. The first-order valence-corrected chi connectivity index (χ1v) is 10.6. The number of rotatable bonds is 8. The van der Waals surface area contributed by atoms with Crippen molar-refractivity contribution in [1.29, 1.82) is 0 Å². The summed E-state index contributed by atoms with van der Waals surface area (Å²) >= 11 is 0. The fraction of sp³-hybridized carbons (Fsp3) is 0.462. The maximum atomic E-state index is 10.8. The SMILES string of the molecule is CC(C)Cc1ccc(C(C)C(=O)O)cc1.CC(C)Cc1ccc(C(C)C(=O)O)cc1.[Cd]. The molecule has 2 aromatic rings. The van der Waals surface area contributed by atoms with Gasteiger partial charge in [0.05, 0.1) is 11.8 Å². The Kier molecular flexibility index (Phi) is 13.6. The molecule has 31 heavy (non-hydrogen) atoms. The molecule has 2 rings (SSSR count). The van der Waals surface area contributed by atoms with Crippen LogP contribution >= 0.6 is 0 Å². The van der Waals surface area contributed by atoms with Crippen LogP contribution in [0, 0.1) is 11.8 Å². The Morgan fingerprint density at radius 1 is 0.613 bits per heavy atom. The maximum Gasteiger partial charge on any atom is 0.310 e. The summed E-state index contributed by atoms with van der Waals surface area (Å²) in [4.78, 5) is 21.5. The number of aliphatic carboxylic acids is 2. The van der Waals surface area contributed by atoms with Gasteiger partial charge in [0.1, 0.15) is 0 Å². The van der Waals surface area contributed by atoms with Gasteiger partial charge in [-0.2, -0.15) is 0 Å². The van der Waals surface area contributed by atoms with Crippen molar-refractivity contribution < 1.29 is 47.1 Å². The van der Waals surface area contributed by atoms with Gasteiger partial charge >= 0.3 is 11.9 Å². The molecule has 166 valence electrons. The van der Waals surface area contributed by atoms with E-state index in [-0.39, 0.29) is 27.3 Å². The minimum atomic E-state index is -0.772. The molecule has 0 aliphatic rings. The van der Waals surface area contributed by atoms with Crippen molar-refractivity contribution >= 4 is 11.9 Å². The molecule has 4 nitrogen and oxygen atoms in total. The Bertz CT molecular complexity index is 726. The van der Waals surface area contributed by atoms with Gasteiger partial charge in [0.25, 0.3) is 0 Å². The van der Waals surface area contributed by atoms with Crippen LogP contribution in [-0.2, 0) is 49.7 Å². The van der Waals surface area contributed by atoms with Gasteiger partial charge < -0.3 is 10.2 Å². The molecule has 0 saturated heterocycles. The molecule has 0 spiro atoms. The van der Waals surface area contributed by atoms with Crippen LogP contribution in [0.1, 0.15) is 75.6 Å². The van der Waals surface area contributed by atoms with Crippen molar-refractivity contribution in [2.75, 3.05) is 0 Å². The number of hydrogen-bond donors (Lipinski definition) is 2. The smallest absolute Gasteiger partial charge is 0.310 e. The van der Waals surface area contributed by atoms with E-state index in [1.807, 2.05) is 48.5 Å². The van der Waals surface area contributed by atoms with Gasteiger partial charge in [-0.25, -0.2) is 0 Å². The van der Waals surface area contributed by atoms with Crippen molar-refractivity contribution in [3.05, 3.63) is 70.8 Å². The summed E-state index contributed by atoms with van der Waals surface area (Å²) in [6.45, 7) is 12.1. The third-order valence-electron chi connectivity index (χ3n) is 4.99. The van der Waals surface area contributed by atoms with Crippen molar-refractivity contribution in [2.45, 2.75) is 66.2 Å². The quantitative estimate of drug-likeness (QED) is 0.406. The third kappa shape index (κ3) is 10.9. The molecule has 0 saturated carbocycles.